The van der Waals surface area contributed by atoms with Gasteiger partial charge in [-0.2, -0.15) is 4.98 Å². The number of nitrogens with zero attached hydrogens (tertiary/aromatic N) is 2. The molecule has 0 bridgehead atoms. The largest absolute Gasteiger partial charge is 0.497 e. The standard InChI is InChI=1S/C13H14N2O4/c1-17-8-10(16)7-12-14-13(15-19-12)9-4-3-5-11(6-9)18-2/h3-6H,7-8H2,1-2H3. The van der Waals surface area contributed by atoms with E-state index in [1.54, 1.807) is 13.2 Å². The van der Waals surface area contributed by atoms with Crippen molar-refractivity contribution in [1.29, 1.82) is 0 Å². The first-order chi connectivity index (χ1) is 9.22. The van der Waals surface area contributed by atoms with E-state index in [-0.39, 0.29) is 24.7 Å². The number of rotatable bonds is 6. The predicted octanol–water partition coefficient (Wildman–Crippen LogP) is 1.50. The van der Waals surface area contributed by atoms with Gasteiger partial charge in [-0.25, -0.2) is 0 Å². The van der Waals surface area contributed by atoms with Crippen LogP contribution in [0.25, 0.3) is 11.4 Å². The minimum absolute atomic E-state index is 0.0386. The quantitative estimate of drug-likeness (QED) is 0.785. The molecular formula is C13H14N2O4. The van der Waals surface area contributed by atoms with E-state index in [0.717, 1.165) is 5.56 Å². The molecule has 0 amide bonds. The lowest BCUT2D eigenvalue weighted by Crippen LogP contribution is -2.09. The molecule has 19 heavy (non-hydrogen) atoms. The minimum atomic E-state index is -0.108. The van der Waals surface area contributed by atoms with Crippen molar-refractivity contribution in [3.05, 3.63) is 30.2 Å². The molecular weight excluding hydrogens is 248 g/mol. The van der Waals surface area contributed by atoms with Gasteiger partial charge >= 0.3 is 0 Å². The van der Waals surface area contributed by atoms with Crippen LogP contribution in [-0.4, -0.2) is 36.8 Å². The van der Waals surface area contributed by atoms with Gasteiger partial charge in [-0.3, -0.25) is 4.79 Å². The molecule has 0 spiro atoms. The fourth-order valence-corrected chi connectivity index (χ4v) is 1.59. The van der Waals surface area contributed by atoms with Gasteiger partial charge in [0.25, 0.3) is 0 Å². The summed E-state index contributed by atoms with van der Waals surface area (Å²) in [6.45, 7) is 0.0386. The maximum atomic E-state index is 11.4. The Hall–Kier alpha value is -2.21. The Kier molecular flexibility index (Phi) is 4.25. The van der Waals surface area contributed by atoms with Crippen LogP contribution in [0.5, 0.6) is 5.75 Å². The zero-order valence-corrected chi connectivity index (χ0v) is 10.8. The lowest BCUT2D eigenvalue weighted by molar-refractivity contribution is -0.122. The van der Waals surface area contributed by atoms with E-state index in [0.29, 0.717) is 11.6 Å². The highest BCUT2D eigenvalue weighted by molar-refractivity contribution is 5.81. The molecule has 0 saturated carbocycles. The van der Waals surface area contributed by atoms with Gasteiger partial charge in [0.2, 0.25) is 11.7 Å². The van der Waals surface area contributed by atoms with Crippen LogP contribution >= 0.6 is 0 Å². The summed E-state index contributed by atoms with van der Waals surface area (Å²) in [6.07, 6.45) is 0.0742. The number of carbonyl (C=O) groups is 1. The third-order valence-electron chi connectivity index (χ3n) is 2.45. The van der Waals surface area contributed by atoms with Crippen molar-refractivity contribution in [3.63, 3.8) is 0 Å². The highest BCUT2D eigenvalue weighted by Crippen LogP contribution is 2.21. The molecule has 0 aliphatic heterocycles. The van der Waals surface area contributed by atoms with E-state index in [4.69, 9.17) is 14.0 Å². The van der Waals surface area contributed by atoms with E-state index in [2.05, 4.69) is 10.1 Å². The first-order valence-corrected chi connectivity index (χ1v) is 5.70. The Labute approximate surface area is 110 Å². The Morgan fingerprint density at radius 2 is 2.21 bits per heavy atom. The second kappa shape index (κ2) is 6.10. The van der Waals surface area contributed by atoms with E-state index in [9.17, 15) is 4.79 Å². The van der Waals surface area contributed by atoms with Crippen LogP contribution in [-0.2, 0) is 16.0 Å². The number of Topliss-reactive ketones (excluding diaryl/α,β-unsaturated/α-hetero) is 1. The molecule has 0 fully saturated rings. The summed E-state index contributed by atoms with van der Waals surface area (Å²) in [7, 11) is 3.05. The molecule has 2 aromatic rings. The zero-order valence-electron chi connectivity index (χ0n) is 10.8. The van der Waals surface area contributed by atoms with E-state index in [1.165, 1.54) is 7.11 Å². The van der Waals surface area contributed by atoms with Crippen molar-refractivity contribution >= 4 is 5.78 Å². The summed E-state index contributed by atoms with van der Waals surface area (Å²) in [6, 6.07) is 7.30. The predicted molar refractivity (Wildman–Crippen MR) is 66.9 cm³/mol. The van der Waals surface area contributed by atoms with E-state index >= 15 is 0 Å². The normalized spacial score (nSPS) is 10.4. The summed E-state index contributed by atoms with van der Waals surface area (Å²) in [5, 5.41) is 3.84. The summed E-state index contributed by atoms with van der Waals surface area (Å²) in [5.41, 5.74) is 0.772. The first kappa shape index (κ1) is 13.2. The van der Waals surface area contributed by atoms with Gasteiger partial charge in [-0.15, -0.1) is 0 Å². The number of ether oxygens (including phenoxy) is 2. The monoisotopic (exact) mass is 262 g/mol. The lowest BCUT2D eigenvalue weighted by Gasteiger charge is -1.99. The van der Waals surface area contributed by atoms with Crippen LogP contribution in [0.2, 0.25) is 0 Å². The molecule has 6 nitrogen and oxygen atoms in total. The minimum Gasteiger partial charge on any atom is -0.497 e. The molecule has 1 aromatic carbocycles. The van der Waals surface area contributed by atoms with Crippen LogP contribution in [0.4, 0.5) is 0 Å². The molecule has 0 saturated heterocycles. The van der Waals surface area contributed by atoms with Crippen molar-refractivity contribution in [1.82, 2.24) is 10.1 Å². The van der Waals surface area contributed by atoms with Gasteiger partial charge in [-0.05, 0) is 12.1 Å². The van der Waals surface area contributed by atoms with Crippen LogP contribution in [0.1, 0.15) is 5.89 Å². The number of carbonyl (C=O) groups excluding carboxylic acids is 1. The number of methoxy groups -OCH3 is 2. The second-order valence-electron chi connectivity index (χ2n) is 3.89. The van der Waals surface area contributed by atoms with Crippen molar-refractivity contribution < 1.29 is 18.8 Å². The molecule has 0 radical (unpaired) electrons. The molecule has 0 N–H and O–H groups in total. The van der Waals surface area contributed by atoms with Crippen molar-refractivity contribution in [2.24, 2.45) is 0 Å². The summed E-state index contributed by atoms with van der Waals surface area (Å²) in [4.78, 5) is 15.6. The van der Waals surface area contributed by atoms with E-state index in [1.807, 2.05) is 18.2 Å². The zero-order chi connectivity index (χ0) is 13.7. The Morgan fingerprint density at radius 3 is 2.95 bits per heavy atom. The summed E-state index contributed by atoms with van der Waals surface area (Å²) in [5.74, 6) is 1.31. The molecule has 0 unspecified atom stereocenters. The first-order valence-electron chi connectivity index (χ1n) is 5.70. The van der Waals surface area contributed by atoms with Crippen LogP contribution in [0.3, 0.4) is 0 Å². The average Bonchev–Trinajstić information content (AvgIpc) is 2.87. The maximum absolute atomic E-state index is 11.4. The lowest BCUT2D eigenvalue weighted by atomic mass is 10.2. The van der Waals surface area contributed by atoms with Crippen LogP contribution in [0, 0.1) is 0 Å². The fraction of sp³-hybridized carbons (Fsp3) is 0.308. The van der Waals surface area contributed by atoms with Crippen LogP contribution < -0.4 is 4.74 Å². The molecule has 2 rings (SSSR count). The molecule has 6 heteroatoms. The summed E-state index contributed by atoms with van der Waals surface area (Å²) < 4.78 is 14.9. The van der Waals surface area contributed by atoms with Crippen molar-refractivity contribution in [2.75, 3.05) is 20.8 Å². The topological polar surface area (TPSA) is 74.5 Å². The highest BCUT2D eigenvalue weighted by Gasteiger charge is 2.12. The Morgan fingerprint density at radius 1 is 1.37 bits per heavy atom. The average molecular weight is 262 g/mol. The highest BCUT2D eigenvalue weighted by atomic mass is 16.5. The smallest absolute Gasteiger partial charge is 0.234 e. The molecule has 1 heterocycles. The van der Waals surface area contributed by atoms with Gasteiger partial charge in [0.15, 0.2) is 5.78 Å². The van der Waals surface area contributed by atoms with Gasteiger partial charge in [0.05, 0.1) is 13.5 Å². The van der Waals surface area contributed by atoms with Crippen LogP contribution in [0.15, 0.2) is 28.8 Å². The van der Waals surface area contributed by atoms with Crippen molar-refractivity contribution in [2.45, 2.75) is 6.42 Å². The molecule has 0 aliphatic rings. The number of aromatic nitrogens is 2. The number of benzene rings is 1. The molecule has 100 valence electrons. The molecule has 1 aromatic heterocycles. The molecule has 0 atom stereocenters. The fourth-order valence-electron chi connectivity index (χ4n) is 1.59. The maximum Gasteiger partial charge on any atom is 0.234 e. The Balaban J connectivity index is 2.13. The molecule has 0 aliphatic carbocycles. The van der Waals surface area contributed by atoms with E-state index < -0.39 is 0 Å². The van der Waals surface area contributed by atoms with Gasteiger partial charge < -0.3 is 14.0 Å². The third kappa shape index (κ3) is 3.38. The number of hydrogen-bond donors (Lipinski definition) is 0. The Bertz CT molecular complexity index is 565. The second-order valence-corrected chi connectivity index (χ2v) is 3.89. The number of ketones is 1. The van der Waals surface area contributed by atoms with Crippen molar-refractivity contribution in [3.8, 4) is 17.1 Å². The van der Waals surface area contributed by atoms with Gasteiger partial charge in [0.1, 0.15) is 12.4 Å². The van der Waals surface area contributed by atoms with Gasteiger partial charge in [0, 0.05) is 12.7 Å². The third-order valence-corrected chi connectivity index (χ3v) is 2.45. The number of hydrogen-bond acceptors (Lipinski definition) is 6. The van der Waals surface area contributed by atoms with Gasteiger partial charge in [-0.1, -0.05) is 17.3 Å². The SMILES string of the molecule is COCC(=O)Cc1nc(-c2cccc(OC)c2)no1. The summed E-state index contributed by atoms with van der Waals surface area (Å²) >= 11 is 0.